The largest absolute Gasteiger partial charge is 0.455 e. The lowest BCUT2D eigenvalue weighted by atomic mass is 9.84. The number of allylic oxidation sites excluding steroid dienone is 4. The van der Waals surface area contributed by atoms with Crippen LogP contribution in [0.5, 0.6) is 0 Å². The summed E-state index contributed by atoms with van der Waals surface area (Å²) in [5.41, 5.74) is 2.40. The zero-order valence-electron chi connectivity index (χ0n) is 17.3. The molecule has 25 heavy (non-hydrogen) atoms. The molecule has 2 saturated carbocycles. The minimum absolute atomic E-state index is 0.470. The molecule has 6 atom stereocenters. The Bertz CT molecular complexity index is 555. The van der Waals surface area contributed by atoms with Gasteiger partial charge in [-0.3, -0.25) is 0 Å². The van der Waals surface area contributed by atoms with E-state index in [4.69, 9.17) is 4.12 Å². The first-order chi connectivity index (χ1) is 11.6. The Balaban J connectivity index is 1.51. The van der Waals surface area contributed by atoms with Crippen LogP contribution in [0.1, 0.15) is 52.4 Å². The molecule has 4 aliphatic rings. The summed E-state index contributed by atoms with van der Waals surface area (Å²) < 4.78 is 7.27. The van der Waals surface area contributed by atoms with E-state index in [0.29, 0.717) is 10.8 Å². The van der Waals surface area contributed by atoms with Crippen LogP contribution in [-0.2, 0) is 4.12 Å². The maximum absolute atomic E-state index is 7.27. The van der Waals surface area contributed by atoms with Crippen LogP contribution in [0.2, 0.25) is 37.3 Å². The highest BCUT2D eigenvalue weighted by Gasteiger charge is 2.55. The molecule has 0 aromatic rings. The predicted molar refractivity (Wildman–Crippen MR) is 113 cm³/mol. The SMILES string of the molecule is CC(C12C=CC(CC1)C2)[Si](C)(C)O[Si](C)(C)C(C)C12C=CC(CC1)C2. The molecular formula is C22H38OSi2. The topological polar surface area (TPSA) is 9.23 Å². The molecular weight excluding hydrogens is 336 g/mol. The molecule has 6 unspecified atom stereocenters. The first kappa shape index (κ1) is 18.2. The molecule has 0 aromatic carbocycles. The van der Waals surface area contributed by atoms with E-state index in [9.17, 15) is 0 Å². The number of fused-ring (bicyclic) bond motifs is 4. The second-order valence-corrected chi connectivity index (χ2v) is 19.9. The zero-order valence-corrected chi connectivity index (χ0v) is 19.3. The minimum atomic E-state index is -1.73. The Morgan fingerprint density at radius 2 is 1.20 bits per heavy atom. The number of hydrogen-bond acceptors (Lipinski definition) is 1. The molecule has 0 radical (unpaired) electrons. The van der Waals surface area contributed by atoms with E-state index in [0.717, 1.165) is 22.9 Å². The van der Waals surface area contributed by atoms with Gasteiger partial charge in [-0.15, -0.1) is 0 Å². The number of rotatable bonds is 6. The fourth-order valence-electron chi connectivity index (χ4n) is 6.89. The van der Waals surface area contributed by atoms with Crippen LogP contribution in [0, 0.1) is 22.7 Å². The summed E-state index contributed by atoms with van der Waals surface area (Å²) >= 11 is 0. The molecule has 4 aliphatic carbocycles. The van der Waals surface area contributed by atoms with Gasteiger partial charge in [-0.25, -0.2) is 0 Å². The van der Waals surface area contributed by atoms with Crippen molar-refractivity contribution in [3.05, 3.63) is 24.3 Å². The van der Waals surface area contributed by atoms with Crippen molar-refractivity contribution in [3.8, 4) is 0 Å². The van der Waals surface area contributed by atoms with E-state index in [1.807, 2.05) is 0 Å². The van der Waals surface area contributed by atoms with Gasteiger partial charge in [-0.05, 0) is 98.5 Å². The third-order valence-corrected chi connectivity index (χ3v) is 18.5. The Morgan fingerprint density at radius 3 is 1.44 bits per heavy atom. The average molecular weight is 375 g/mol. The molecule has 1 nitrogen and oxygen atoms in total. The molecule has 4 bridgehead atoms. The van der Waals surface area contributed by atoms with Crippen molar-refractivity contribution in [3.63, 3.8) is 0 Å². The van der Waals surface area contributed by atoms with E-state index in [-0.39, 0.29) is 0 Å². The van der Waals surface area contributed by atoms with E-state index in [1.165, 1.54) is 38.5 Å². The molecule has 0 aliphatic heterocycles. The smallest absolute Gasteiger partial charge is 0.177 e. The average Bonchev–Trinajstić information content (AvgIpc) is 3.32. The number of hydrogen-bond donors (Lipinski definition) is 0. The van der Waals surface area contributed by atoms with Crippen molar-refractivity contribution in [2.75, 3.05) is 0 Å². The van der Waals surface area contributed by atoms with Gasteiger partial charge in [0.1, 0.15) is 0 Å². The van der Waals surface area contributed by atoms with Crippen molar-refractivity contribution in [1.29, 1.82) is 0 Å². The molecule has 0 amide bonds. The molecule has 0 heterocycles. The van der Waals surface area contributed by atoms with Gasteiger partial charge in [0.2, 0.25) is 0 Å². The van der Waals surface area contributed by atoms with Crippen LogP contribution in [0.15, 0.2) is 24.3 Å². The van der Waals surface area contributed by atoms with Crippen LogP contribution >= 0.6 is 0 Å². The van der Waals surface area contributed by atoms with Crippen LogP contribution < -0.4 is 0 Å². The van der Waals surface area contributed by atoms with Gasteiger partial charge in [0.25, 0.3) is 0 Å². The molecule has 0 spiro atoms. The molecule has 0 aromatic heterocycles. The summed E-state index contributed by atoms with van der Waals surface area (Å²) in [6.07, 6.45) is 18.6. The maximum Gasteiger partial charge on any atom is 0.177 e. The fourth-order valence-corrected chi connectivity index (χ4v) is 17.2. The maximum atomic E-state index is 7.27. The van der Waals surface area contributed by atoms with Gasteiger partial charge < -0.3 is 4.12 Å². The van der Waals surface area contributed by atoms with Crippen LogP contribution in [0.3, 0.4) is 0 Å². The van der Waals surface area contributed by atoms with Crippen molar-refractivity contribution < 1.29 is 4.12 Å². The van der Waals surface area contributed by atoms with Crippen molar-refractivity contribution in [1.82, 2.24) is 0 Å². The van der Waals surface area contributed by atoms with Crippen LogP contribution in [0.4, 0.5) is 0 Å². The van der Waals surface area contributed by atoms with Crippen molar-refractivity contribution in [2.45, 2.75) is 89.6 Å². The minimum Gasteiger partial charge on any atom is -0.455 e. The van der Waals surface area contributed by atoms with E-state index in [1.54, 1.807) is 0 Å². The standard InChI is InChI=1S/C22H38OSi2/c1-17(21-11-7-19(15-21)8-12-21)24(3,4)23-25(5,6)18(2)22-13-9-20(16-22)10-14-22/h7,9,11,13,17-20H,8,10,12,14-16H2,1-6H3. The lowest BCUT2D eigenvalue weighted by molar-refractivity contribution is 0.327. The molecule has 3 heteroatoms. The van der Waals surface area contributed by atoms with E-state index < -0.39 is 16.6 Å². The van der Waals surface area contributed by atoms with Gasteiger partial charge >= 0.3 is 0 Å². The lowest BCUT2D eigenvalue weighted by Gasteiger charge is -2.49. The highest BCUT2D eigenvalue weighted by Crippen LogP contribution is 2.61. The summed E-state index contributed by atoms with van der Waals surface area (Å²) in [5.74, 6) is 1.74. The summed E-state index contributed by atoms with van der Waals surface area (Å²) in [6.45, 7) is 15.1. The zero-order chi connectivity index (χ0) is 18.1. The first-order valence-corrected chi connectivity index (χ1v) is 16.6. The van der Waals surface area contributed by atoms with Gasteiger partial charge in [-0.2, -0.15) is 0 Å². The normalized spacial score (nSPS) is 41.7. The van der Waals surface area contributed by atoms with E-state index >= 15 is 0 Å². The van der Waals surface area contributed by atoms with Crippen molar-refractivity contribution >= 4 is 16.6 Å². The molecule has 2 fully saturated rings. The van der Waals surface area contributed by atoms with Gasteiger partial charge in [0.05, 0.1) is 0 Å². The highest BCUT2D eigenvalue weighted by molar-refractivity contribution is 6.86. The second kappa shape index (κ2) is 5.69. The quantitative estimate of drug-likeness (QED) is 0.362. The monoisotopic (exact) mass is 374 g/mol. The van der Waals surface area contributed by atoms with Crippen LogP contribution in [-0.4, -0.2) is 16.6 Å². The molecule has 0 saturated heterocycles. The Morgan fingerprint density at radius 1 is 0.800 bits per heavy atom. The highest BCUT2D eigenvalue weighted by atomic mass is 28.4. The fraction of sp³-hybridized carbons (Fsp3) is 0.818. The van der Waals surface area contributed by atoms with Gasteiger partial charge in [0.15, 0.2) is 16.6 Å². The summed E-state index contributed by atoms with van der Waals surface area (Å²) in [7, 11) is -3.47. The Kier molecular flexibility index (Phi) is 4.15. The second-order valence-electron chi connectivity index (χ2n) is 10.9. The van der Waals surface area contributed by atoms with E-state index in [2.05, 4.69) is 64.3 Å². The summed E-state index contributed by atoms with van der Waals surface area (Å²) in [5, 5.41) is 0. The molecule has 4 rings (SSSR count). The van der Waals surface area contributed by atoms with Gasteiger partial charge in [-0.1, -0.05) is 38.2 Å². The summed E-state index contributed by atoms with van der Waals surface area (Å²) in [4.78, 5) is 0. The third-order valence-electron chi connectivity index (χ3n) is 8.98. The lowest BCUT2D eigenvalue weighted by Crippen LogP contribution is -2.53. The van der Waals surface area contributed by atoms with Gasteiger partial charge in [0, 0.05) is 0 Å². The van der Waals surface area contributed by atoms with Crippen LogP contribution in [0.25, 0.3) is 0 Å². The molecule has 140 valence electrons. The summed E-state index contributed by atoms with van der Waals surface area (Å²) in [6, 6.07) is 0. The Hall–Kier alpha value is -0.126. The van der Waals surface area contributed by atoms with Crippen molar-refractivity contribution in [2.24, 2.45) is 22.7 Å². The molecule has 0 N–H and O–H groups in total. The Labute approximate surface area is 157 Å². The first-order valence-electron chi connectivity index (χ1n) is 10.7. The third kappa shape index (κ3) is 2.80. The predicted octanol–water partition coefficient (Wildman–Crippen LogP) is 6.91.